The molecule has 0 saturated carbocycles. The van der Waals surface area contributed by atoms with Crippen molar-refractivity contribution in [2.24, 2.45) is 0 Å². The maximum absolute atomic E-state index is 12.9. The fourth-order valence-corrected chi connectivity index (χ4v) is 4.59. The molecule has 1 aromatic heterocycles. The van der Waals surface area contributed by atoms with Gasteiger partial charge in [0.05, 0.1) is 11.2 Å². The van der Waals surface area contributed by atoms with Gasteiger partial charge in [-0.2, -0.15) is 0 Å². The third-order valence-corrected chi connectivity index (χ3v) is 6.77. The Morgan fingerprint density at radius 3 is 2.62 bits per heavy atom. The van der Waals surface area contributed by atoms with Crippen molar-refractivity contribution in [3.05, 3.63) is 36.0 Å². The van der Waals surface area contributed by atoms with Gasteiger partial charge in [-0.1, -0.05) is 6.07 Å². The standard InChI is InChI=1S/C17H21N3O3S/c1-12-5-6-14(13-4-3-9-19-15(12)13)20-16(21)17(24(2,22)23)7-10-18-11-8-17/h3-6,9,18H,7-8,10-11H2,1-2H3,(H,20,21). The summed E-state index contributed by atoms with van der Waals surface area (Å²) < 4.78 is 23.3. The first-order valence-electron chi connectivity index (χ1n) is 7.91. The lowest BCUT2D eigenvalue weighted by Gasteiger charge is -2.34. The van der Waals surface area contributed by atoms with Gasteiger partial charge in [-0.05, 0) is 56.6 Å². The van der Waals surface area contributed by atoms with Crippen molar-refractivity contribution in [3.8, 4) is 0 Å². The van der Waals surface area contributed by atoms with E-state index >= 15 is 0 Å². The Balaban J connectivity index is 2.01. The van der Waals surface area contributed by atoms with Crippen LogP contribution in [0.2, 0.25) is 0 Å². The number of carbonyl (C=O) groups excluding carboxylic acids is 1. The number of nitrogens with zero attached hydrogens (tertiary/aromatic N) is 1. The molecule has 2 heterocycles. The lowest BCUT2D eigenvalue weighted by molar-refractivity contribution is -0.119. The lowest BCUT2D eigenvalue weighted by Crippen LogP contribution is -2.55. The summed E-state index contributed by atoms with van der Waals surface area (Å²) in [6.45, 7) is 2.97. The van der Waals surface area contributed by atoms with Gasteiger partial charge in [0.1, 0.15) is 0 Å². The molecule has 1 aliphatic rings. The van der Waals surface area contributed by atoms with E-state index in [1.54, 1.807) is 18.3 Å². The van der Waals surface area contributed by atoms with E-state index in [1.165, 1.54) is 0 Å². The molecule has 24 heavy (non-hydrogen) atoms. The Hall–Kier alpha value is -1.99. The molecule has 1 aromatic carbocycles. The van der Waals surface area contributed by atoms with Gasteiger partial charge in [0.15, 0.2) is 14.6 Å². The zero-order valence-corrected chi connectivity index (χ0v) is 14.6. The average molecular weight is 347 g/mol. The van der Waals surface area contributed by atoms with Crippen LogP contribution in [-0.4, -0.2) is 43.4 Å². The zero-order valence-electron chi connectivity index (χ0n) is 13.8. The molecule has 0 bridgehead atoms. The minimum atomic E-state index is -3.54. The number of piperidine rings is 1. The van der Waals surface area contributed by atoms with Crippen molar-refractivity contribution >= 4 is 32.3 Å². The topological polar surface area (TPSA) is 88.2 Å². The summed E-state index contributed by atoms with van der Waals surface area (Å²) >= 11 is 0. The number of aryl methyl sites for hydroxylation is 1. The third kappa shape index (κ3) is 2.78. The molecule has 6 nitrogen and oxygen atoms in total. The number of anilines is 1. The SMILES string of the molecule is Cc1ccc(NC(=O)C2(S(C)(=O)=O)CCNCC2)c2cccnc12. The second-order valence-electron chi connectivity index (χ2n) is 6.30. The van der Waals surface area contributed by atoms with Gasteiger partial charge in [-0.15, -0.1) is 0 Å². The Morgan fingerprint density at radius 2 is 1.96 bits per heavy atom. The zero-order chi connectivity index (χ0) is 17.4. The summed E-state index contributed by atoms with van der Waals surface area (Å²) in [7, 11) is -3.54. The molecular weight excluding hydrogens is 326 g/mol. The second kappa shape index (κ2) is 6.14. The number of pyridine rings is 1. The van der Waals surface area contributed by atoms with Gasteiger partial charge in [-0.3, -0.25) is 9.78 Å². The molecule has 1 amide bonds. The largest absolute Gasteiger partial charge is 0.324 e. The molecule has 1 fully saturated rings. The van der Waals surface area contributed by atoms with Gasteiger partial charge >= 0.3 is 0 Å². The Labute approximate surface area is 141 Å². The summed E-state index contributed by atoms with van der Waals surface area (Å²) in [6.07, 6.45) is 3.40. The number of benzene rings is 1. The van der Waals surface area contributed by atoms with E-state index in [1.807, 2.05) is 19.1 Å². The van der Waals surface area contributed by atoms with Crippen molar-refractivity contribution in [1.29, 1.82) is 0 Å². The third-order valence-electron chi connectivity index (χ3n) is 4.75. The first kappa shape index (κ1) is 16.9. The predicted octanol–water partition coefficient (Wildman–Crippen LogP) is 1.65. The average Bonchev–Trinajstić information content (AvgIpc) is 2.57. The van der Waals surface area contributed by atoms with E-state index in [0.717, 1.165) is 22.7 Å². The second-order valence-corrected chi connectivity index (χ2v) is 8.63. The number of fused-ring (bicyclic) bond motifs is 1. The number of sulfone groups is 1. The van der Waals surface area contributed by atoms with Gasteiger partial charge in [0.2, 0.25) is 5.91 Å². The molecule has 1 saturated heterocycles. The lowest BCUT2D eigenvalue weighted by atomic mass is 9.95. The first-order valence-corrected chi connectivity index (χ1v) is 9.80. The highest BCUT2D eigenvalue weighted by atomic mass is 32.2. The Bertz CT molecular complexity index is 887. The first-order chi connectivity index (χ1) is 11.3. The van der Waals surface area contributed by atoms with Crippen LogP contribution in [0.25, 0.3) is 10.9 Å². The van der Waals surface area contributed by atoms with Crippen molar-refractivity contribution in [3.63, 3.8) is 0 Å². The quantitative estimate of drug-likeness (QED) is 0.881. The van der Waals surface area contributed by atoms with Crippen LogP contribution in [0.4, 0.5) is 5.69 Å². The van der Waals surface area contributed by atoms with Gasteiger partial charge in [0, 0.05) is 17.8 Å². The van der Waals surface area contributed by atoms with E-state index < -0.39 is 20.5 Å². The summed E-state index contributed by atoms with van der Waals surface area (Å²) in [6, 6.07) is 7.35. The molecule has 0 aliphatic carbocycles. The number of nitrogens with one attached hydrogen (secondary N) is 2. The van der Waals surface area contributed by atoms with Crippen LogP contribution >= 0.6 is 0 Å². The molecular formula is C17H21N3O3S. The fraction of sp³-hybridized carbons (Fsp3) is 0.412. The van der Waals surface area contributed by atoms with E-state index in [0.29, 0.717) is 18.8 Å². The molecule has 2 aromatic rings. The maximum Gasteiger partial charge on any atom is 0.245 e. The van der Waals surface area contributed by atoms with E-state index in [4.69, 9.17) is 0 Å². The maximum atomic E-state index is 12.9. The number of rotatable bonds is 3. The fourth-order valence-electron chi connectivity index (χ4n) is 3.26. The number of hydrogen-bond acceptors (Lipinski definition) is 5. The van der Waals surface area contributed by atoms with Gasteiger partial charge in [0.25, 0.3) is 0 Å². The highest BCUT2D eigenvalue weighted by molar-refractivity contribution is 7.92. The molecule has 0 radical (unpaired) electrons. The summed E-state index contributed by atoms with van der Waals surface area (Å²) in [5.74, 6) is -0.458. The Morgan fingerprint density at radius 1 is 1.25 bits per heavy atom. The summed E-state index contributed by atoms with van der Waals surface area (Å²) in [4.78, 5) is 17.3. The van der Waals surface area contributed by atoms with Gasteiger partial charge < -0.3 is 10.6 Å². The van der Waals surface area contributed by atoms with E-state index in [9.17, 15) is 13.2 Å². The molecule has 0 atom stereocenters. The highest BCUT2D eigenvalue weighted by Crippen LogP contribution is 2.31. The molecule has 3 rings (SSSR count). The van der Waals surface area contributed by atoms with Crippen molar-refractivity contribution in [1.82, 2.24) is 10.3 Å². The molecule has 7 heteroatoms. The van der Waals surface area contributed by atoms with Crippen LogP contribution in [0, 0.1) is 6.92 Å². The summed E-state index contributed by atoms with van der Waals surface area (Å²) in [5, 5.41) is 6.77. The summed E-state index contributed by atoms with van der Waals surface area (Å²) in [5.41, 5.74) is 2.40. The molecule has 1 aliphatic heterocycles. The smallest absolute Gasteiger partial charge is 0.245 e. The van der Waals surface area contributed by atoms with Gasteiger partial charge in [-0.25, -0.2) is 8.42 Å². The van der Waals surface area contributed by atoms with Crippen molar-refractivity contribution in [2.75, 3.05) is 24.7 Å². The van der Waals surface area contributed by atoms with Crippen LogP contribution in [0.5, 0.6) is 0 Å². The van der Waals surface area contributed by atoms with Crippen molar-refractivity contribution in [2.45, 2.75) is 24.5 Å². The predicted molar refractivity (Wildman–Crippen MR) is 94.8 cm³/mol. The van der Waals surface area contributed by atoms with Crippen LogP contribution < -0.4 is 10.6 Å². The van der Waals surface area contributed by atoms with E-state index in [2.05, 4.69) is 15.6 Å². The number of hydrogen-bond donors (Lipinski definition) is 2. The van der Waals surface area contributed by atoms with Crippen LogP contribution in [0.1, 0.15) is 18.4 Å². The van der Waals surface area contributed by atoms with Crippen LogP contribution in [0.15, 0.2) is 30.5 Å². The Kier molecular flexibility index (Phi) is 4.31. The molecule has 0 unspecified atom stereocenters. The van der Waals surface area contributed by atoms with Crippen LogP contribution in [-0.2, 0) is 14.6 Å². The number of carbonyl (C=O) groups is 1. The molecule has 2 N–H and O–H groups in total. The number of aromatic nitrogens is 1. The van der Waals surface area contributed by atoms with Crippen LogP contribution in [0.3, 0.4) is 0 Å². The monoisotopic (exact) mass is 347 g/mol. The molecule has 0 spiro atoms. The normalized spacial score (nSPS) is 17.6. The minimum absolute atomic E-state index is 0.277. The molecule has 128 valence electrons. The van der Waals surface area contributed by atoms with E-state index in [-0.39, 0.29) is 12.8 Å². The number of amides is 1. The minimum Gasteiger partial charge on any atom is -0.324 e. The van der Waals surface area contributed by atoms with Crippen molar-refractivity contribution < 1.29 is 13.2 Å². The highest BCUT2D eigenvalue weighted by Gasteiger charge is 2.48.